The topological polar surface area (TPSA) is 86.2 Å². The summed E-state index contributed by atoms with van der Waals surface area (Å²) >= 11 is 0. The molecule has 0 atom stereocenters. The second-order valence-corrected chi connectivity index (χ2v) is 8.31. The molecule has 0 bridgehead atoms. The minimum absolute atomic E-state index is 0. The normalized spacial score (nSPS) is 10.7. The Morgan fingerprint density at radius 3 is 0.885 bits per heavy atom. The first-order valence-corrected chi connectivity index (χ1v) is 9.46. The molecule has 0 fully saturated rings. The quantitative estimate of drug-likeness (QED) is 0.519. The lowest BCUT2D eigenvalue weighted by atomic mass is 9.82. The molecule has 4 N–H and O–H groups in total. The molecule has 160 valence electrons. The van der Waals surface area contributed by atoms with Crippen molar-refractivity contribution in [1.29, 1.82) is 0 Å². The van der Waals surface area contributed by atoms with Crippen LogP contribution in [0, 0.1) is 35.5 Å². The highest BCUT2D eigenvalue weighted by Gasteiger charge is 2.18. The fraction of sp³-hybridized carbons (Fsp3) is 0.909. The summed E-state index contributed by atoms with van der Waals surface area (Å²) in [5, 5.41) is 0. The van der Waals surface area contributed by atoms with Crippen molar-refractivity contribution in [2.75, 3.05) is 0 Å². The van der Waals surface area contributed by atoms with Crippen molar-refractivity contribution in [3.63, 3.8) is 0 Å². The van der Waals surface area contributed by atoms with Gasteiger partial charge in [-0.15, -0.1) is 0 Å². The third-order valence-electron chi connectivity index (χ3n) is 4.87. The van der Waals surface area contributed by atoms with E-state index in [1.807, 2.05) is 0 Å². The van der Waals surface area contributed by atoms with Crippen LogP contribution in [0.1, 0.15) is 95.9 Å². The van der Waals surface area contributed by atoms with Crippen LogP contribution in [0.4, 0.5) is 0 Å². The van der Waals surface area contributed by atoms with Crippen molar-refractivity contribution in [2.24, 2.45) is 47.0 Å². The largest absolute Gasteiger partial charge is 0.370 e. The number of rotatable bonds is 10. The Labute approximate surface area is 164 Å². The maximum Gasteiger partial charge on any atom is 0.217 e. The van der Waals surface area contributed by atoms with Crippen LogP contribution >= 0.6 is 0 Å². The van der Waals surface area contributed by atoms with Crippen molar-refractivity contribution in [1.82, 2.24) is 0 Å². The van der Waals surface area contributed by atoms with E-state index in [2.05, 4.69) is 55.4 Å². The molecule has 0 aliphatic heterocycles. The molecule has 0 heterocycles. The Morgan fingerprint density at radius 1 is 0.577 bits per heavy atom. The fourth-order valence-corrected chi connectivity index (χ4v) is 3.49. The van der Waals surface area contributed by atoms with Gasteiger partial charge < -0.3 is 11.5 Å². The van der Waals surface area contributed by atoms with Crippen LogP contribution < -0.4 is 11.5 Å². The van der Waals surface area contributed by atoms with E-state index in [9.17, 15) is 9.59 Å². The zero-order chi connectivity index (χ0) is 19.4. The van der Waals surface area contributed by atoms with E-state index in [4.69, 9.17) is 11.5 Å². The number of hydrogen-bond acceptors (Lipinski definition) is 2. The highest BCUT2D eigenvalue weighted by atomic mass is 16.1. The Morgan fingerprint density at radius 2 is 0.769 bits per heavy atom. The lowest BCUT2D eigenvalue weighted by molar-refractivity contribution is -0.119. The fourth-order valence-electron chi connectivity index (χ4n) is 3.49. The summed E-state index contributed by atoms with van der Waals surface area (Å²) in [6.45, 7) is 17.6. The highest BCUT2D eigenvalue weighted by molar-refractivity contribution is 5.73. The van der Waals surface area contributed by atoms with Crippen LogP contribution in [-0.4, -0.2) is 11.8 Å². The molecule has 0 aromatic rings. The van der Waals surface area contributed by atoms with Crippen molar-refractivity contribution < 1.29 is 9.59 Å². The van der Waals surface area contributed by atoms with E-state index in [1.165, 1.54) is 0 Å². The molecule has 0 aliphatic carbocycles. The molecule has 4 heteroatoms. The van der Waals surface area contributed by atoms with Gasteiger partial charge in [0.15, 0.2) is 0 Å². The van der Waals surface area contributed by atoms with E-state index in [1.54, 1.807) is 0 Å². The molecule has 2 amide bonds. The molecule has 0 rings (SSSR count). The molecule has 0 aliphatic rings. The van der Waals surface area contributed by atoms with Crippen LogP contribution in [0.2, 0.25) is 0 Å². The van der Waals surface area contributed by atoms with Crippen molar-refractivity contribution in [3.05, 3.63) is 0 Å². The van der Waals surface area contributed by atoms with Crippen molar-refractivity contribution in [3.8, 4) is 0 Å². The number of nitrogens with two attached hydrogens (primary N) is 2. The molecule has 0 radical (unpaired) electrons. The summed E-state index contributed by atoms with van der Waals surface area (Å²) in [4.78, 5) is 21.1. The first-order valence-electron chi connectivity index (χ1n) is 9.46. The maximum atomic E-state index is 10.6. The average molecular weight is 375 g/mol. The van der Waals surface area contributed by atoms with Gasteiger partial charge in [-0.3, -0.25) is 9.59 Å². The molecule has 0 spiro atoms. The van der Waals surface area contributed by atoms with Gasteiger partial charge in [0.2, 0.25) is 11.8 Å². The minimum atomic E-state index is -0.179. The van der Waals surface area contributed by atoms with Crippen LogP contribution in [-0.2, 0) is 9.59 Å². The predicted octanol–water partition coefficient (Wildman–Crippen LogP) is 5.63. The van der Waals surface area contributed by atoms with Gasteiger partial charge in [-0.2, -0.15) is 0 Å². The number of carbonyl (C=O) groups excluding carboxylic acids is 2. The van der Waals surface area contributed by atoms with Gasteiger partial charge in [-0.1, -0.05) is 70.2 Å². The first-order chi connectivity index (χ1) is 10.9. The third kappa shape index (κ3) is 17.8. The van der Waals surface area contributed by atoms with E-state index in [0.29, 0.717) is 48.3 Å². The third-order valence-corrected chi connectivity index (χ3v) is 4.87. The Bertz CT molecular complexity index is 300. The molecule has 0 saturated carbocycles. The monoisotopic (exact) mass is 374 g/mol. The Hall–Kier alpha value is -1.06. The van der Waals surface area contributed by atoms with Gasteiger partial charge in [0, 0.05) is 12.8 Å². The number of primary amides is 2. The molecule has 0 aromatic carbocycles. The van der Waals surface area contributed by atoms with E-state index in [0.717, 1.165) is 12.8 Å². The zero-order valence-corrected chi connectivity index (χ0v) is 17.3. The molecular weight excluding hydrogens is 324 g/mol. The summed E-state index contributed by atoms with van der Waals surface area (Å²) in [5.74, 6) is 3.46. The summed E-state index contributed by atoms with van der Waals surface area (Å²) < 4.78 is 0. The van der Waals surface area contributed by atoms with Crippen molar-refractivity contribution in [2.45, 2.75) is 95.9 Å². The van der Waals surface area contributed by atoms with E-state index in [-0.39, 0.29) is 26.7 Å². The SMILES string of the molecule is C.C.CC(C)C(CCC(N)=O)C(C)C.CC(C)C(CCC(N)=O)C(C)C. The second kappa shape index (κ2) is 17.4. The predicted molar refractivity (Wildman–Crippen MR) is 117 cm³/mol. The van der Waals surface area contributed by atoms with Crippen LogP contribution in [0.3, 0.4) is 0 Å². The summed E-state index contributed by atoms with van der Waals surface area (Å²) in [6, 6.07) is 0. The second-order valence-electron chi connectivity index (χ2n) is 8.31. The molecule has 0 aromatic heterocycles. The standard InChI is InChI=1S/2C10H21NO.2CH4/c2*1-7(2)9(8(3)4)5-6-10(11)12;;/h2*7-9H,5-6H2,1-4H3,(H2,11,12);2*1H4. The minimum Gasteiger partial charge on any atom is -0.370 e. The Kier molecular flexibility index (Phi) is 21.8. The average Bonchev–Trinajstić information content (AvgIpc) is 2.37. The summed E-state index contributed by atoms with van der Waals surface area (Å²) in [6.07, 6.45) is 2.93. The smallest absolute Gasteiger partial charge is 0.217 e. The number of hydrogen-bond donors (Lipinski definition) is 2. The summed E-state index contributed by atoms with van der Waals surface area (Å²) in [5.41, 5.74) is 10.2. The van der Waals surface area contributed by atoms with Gasteiger partial charge in [-0.05, 0) is 48.3 Å². The molecule has 26 heavy (non-hydrogen) atoms. The van der Waals surface area contributed by atoms with Crippen LogP contribution in [0.15, 0.2) is 0 Å². The van der Waals surface area contributed by atoms with Gasteiger partial charge in [-0.25, -0.2) is 0 Å². The first kappa shape index (κ1) is 32.6. The van der Waals surface area contributed by atoms with Gasteiger partial charge in [0.1, 0.15) is 0 Å². The van der Waals surface area contributed by atoms with E-state index < -0.39 is 0 Å². The highest BCUT2D eigenvalue weighted by Crippen LogP contribution is 2.25. The number of carbonyl (C=O) groups is 2. The number of amides is 2. The molecule has 0 saturated heterocycles. The summed E-state index contributed by atoms with van der Waals surface area (Å²) in [7, 11) is 0. The zero-order valence-electron chi connectivity index (χ0n) is 17.3. The van der Waals surface area contributed by atoms with Gasteiger partial charge >= 0.3 is 0 Å². The van der Waals surface area contributed by atoms with Crippen LogP contribution in [0.5, 0.6) is 0 Å². The van der Waals surface area contributed by atoms with Gasteiger partial charge in [0.25, 0.3) is 0 Å². The molecular formula is C22H50N2O2. The van der Waals surface area contributed by atoms with Crippen molar-refractivity contribution >= 4 is 11.8 Å². The lowest BCUT2D eigenvalue weighted by Crippen LogP contribution is -2.19. The lowest BCUT2D eigenvalue weighted by Gasteiger charge is -2.24. The van der Waals surface area contributed by atoms with E-state index >= 15 is 0 Å². The maximum absolute atomic E-state index is 10.6. The van der Waals surface area contributed by atoms with Crippen LogP contribution in [0.25, 0.3) is 0 Å². The molecule has 0 unspecified atom stereocenters. The van der Waals surface area contributed by atoms with Gasteiger partial charge in [0.05, 0.1) is 0 Å². The molecule has 4 nitrogen and oxygen atoms in total. The Balaban J connectivity index is -0.000000173.